The fourth-order valence-corrected chi connectivity index (χ4v) is 5.16. The van der Waals surface area contributed by atoms with Gasteiger partial charge in [-0.3, -0.25) is 9.59 Å². The Balaban J connectivity index is 1.42. The highest BCUT2D eigenvalue weighted by Gasteiger charge is 2.33. The molecule has 1 aliphatic heterocycles. The van der Waals surface area contributed by atoms with Gasteiger partial charge in [0.15, 0.2) is 0 Å². The van der Waals surface area contributed by atoms with Gasteiger partial charge in [-0.2, -0.15) is 0 Å². The predicted octanol–water partition coefficient (Wildman–Crippen LogP) is 4.11. The van der Waals surface area contributed by atoms with Gasteiger partial charge >= 0.3 is 0 Å². The Labute approximate surface area is 172 Å². The number of hydrogen-bond acceptors (Lipinski definition) is 4. The van der Waals surface area contributed by atoms with E-state index in [-0.39, 0.29) is 24.4 Å². The molecule has 0 fully saturated rings. The van der Waals surface area contributed by atoms with Crippen LogP contribution in [0.15, 0.2) is 65.4 Å². The lowest BCUT2D eigenvalue weighted by atomic mass is 9.98. The van der Waals surface area contributed by atoms with Crippen LogP contribution in [-0.4, -0.2) is 29.8 Å². The Morgan fingerprint density at radius 1 is 1.07 bits per heavy atom. The van der Waals surface area contributed by atoms with Gasteiger partial charge in [-0.15, -0.1) is 22.7 Å². The third-order valence-corrected chi connectivity index (χ3v) is 6.66. The number of benzene rings is 1. The second-order valence-electron chi connectivity index (χ2n) is 6.52. The van der Waals surface area contributed by atoms with Crippen LogP contribution in [0.2, 0.25) is 0 Å². The number of thiophene rings is 2. The van der Waals surface area contributed by atoms with Crippen molar-refractivity contribution in [2.75, 3.05) is 13.1 Å². The Morgan fingerprint density at radius 2 is 1.93 bits per heavy atom. The van der Waals surface area contributed by atoms with Gasteiger partial charge in [0.1, 0.15) is 0 Å². The summed E-state index contributed by atoms with van der Waals surface area (Å²) in [5.74, 6) is -0.324. The van der Waals surface area contributed by atoms with Crippen LogP contribution in [-0.2, 0) is 16.0 Å². The Bertz CT molecular complexity index is 977. The summed E-state index contributed by atoms with van der Waals surface area (Å²) in [7, 11) is 0. The SMILES string of the molecule is O=C(/C=C/c1ccccc1)NCC(=O)N1CCc2sccc2[C@@H]1c1cccs1. The number of nitrogens with zero attached hydrogens (tertiary/aromatic N) is 1. The van der Waals surface area contributed by atoms with Crippen molar-refractivity contribution in [2.24, 2.45) is 0 Å². The van der Waals surface area contributed by atoms with Gasteiger partial charge in [0.2, 0.25) is 11.8 Å². The third kappa shape index (κ3) is 4.08. The van der Waals surface area contributed by atoms with Crippen molar-refractivity contribution < 1.29 is 9.59 Å². The zero-order chi connectivity index (χ0) is 19.3. The quantitative estimate of drug-likeness (QED) is 0.646. The van der Waals surface area contributed by atoms with Crippen LogP contribution in [0.25, 0.3) is 6.08 Å². The van der Waals surface area contributed by atoms with Gasteiger partial charge in [-0.1, -0.05) is 36.4 Å². The molecule has 1 N–H and O–H groups in total. The van der Waals surface area contributed by atoms with Crippen LogP contribution < -0.4 is 5.32 Å². The average Bonchev–Trinajstić information content (AvgIpc) is 3.42. The normalized spacial score (nSPS) is 16.1. The number of rotatable bonds is 5. The minimum atomic E-state index is -0.266. The molecule has 2 aromatic heterocycles. The maximum atomic E-state index is 12.9. The highest BCUT2D eigenvalue weighted by molar-refractivity contribution is 7.10. The van der Waals surface area contributed by atoms with Crippen molar-refractivity contribution in [3.63, 3.8) is 0 Å². The molecule has 4 nitrogen and oxygen atoms in total. The van der Waals surface area contributed by atoms with E-state index < -0.39 is 0 Å². The van der Waals surface area contributed by atoms with E-state index in [9.17, 15) is 9.59 Å². The van der Waals surface area contributed by atoms with Crippen LogP contribution in [0, 0.1) is 0 Å². The van der Waals surface area contributed by atoms with Crippen LogP contribution in [0.1, 0.15) is 26.9 Å². The van der Waals surface area contributed by atoms with Crippen LogP contribution in [0.5, 0.6) is 0 Å². The second kappa shape index (κ2) is 8.54. The minimum absolute atomic E-state index is 0.000686. The monoisotopic (exact) mass is 408 g/mol. The molecule has 0 aliphatic carbocycles. The van der Waals surface area contributed by atoms with E-state index in [1.54, 1.807) is 28.7 Å². The van der Waals surface area contributed by atoms with Gasteiger partial charge in [0, 0.05) is 22.4 Å². The molecule has 0 radical (unpaired) electrons. The molecule has 0 bridgehead atoms. The van der Waals surface area contributed by atoms with Crippen LogP contribution in [0.4, 0.5) is 0 Å². The van der Waals surface area contributed by atoms with E-state index in [1.165, 1.54) is 16.5 Å². The van der Waals surface area contributed by atoms with Gasteiger partial charge in [0.05, 0.1) is 12.6 Å². The molecule has 6 heteroatoms. The van der Waals surface area contributed by atoms with Crippen molar-refractivity contribution >= 4 is 40.6 Å². The summed E-state index contributed by atoms with van der Waals surface area (Å²) in [4.78, 5) is 29.4. The summed E-state index contributed by atoms with van der Waals surface area (Å²) in [6.45, 7) is 0.671. The fraction of sp³-hybridized carbons (Fsp3) is 0.182. The molecular formula is C22H20N2O2S2. The Kier molecular flexibility index (Phi) is 5.69. The number of nitrogens with one attached hydrogen (secondary N) is 1. The Hall–Kier alpha value is -2.70. The lowest BCUT2D eigenvalue weighted by Crippen LogP contribution is -2.44. The number of carbonyl (C=O) groups is 2. The van der Waals surface area contributed by atoms with E-state index in [2.05, 4.69) is 22.8 Å². The topological polar surface area (TPSA) is 49.4 Å². The summed E-state index contributed by atoms with van der Waals surface area (Å²) >= 11 is 3.41. The highest BCUT2D eigenvalue weighted by atomic mass is 32.1. The number of hydrogen-bond donors (Lipinski definition) is 1. The smallest absolute Gasteiger partial charge is 0.244 e. The Morgan fingerprint density at radius 3 is 2.71 bits per heavy atom. The number of amides is 2. The maximum Gasteiger partial charge on any atom is 0.244 e. The van der Waals surface area contributed by atoms with Crippen molar-refractivity contribution in [3.05, 3.63) is 86.2 Å². The summed E-state index contributed by atoms with van der Waals surface area (Å²) in [6.07, 6.45) is 4.07. The van der Waals surface area contributed by atoms with Crippen molar-refractivity contribution in [2.45, 2.75) is 12.5 Å². The first-order chi connectivity index (χ1) is 13.7. The zero-order valence-corrected chi connectivity index (χ0v) is 16.8. The molecule has 1 atom stereocenters. The zero-order valence-electron chi connectivity index (χ0n) is 15.2. The molecule has 0 spiro atoms. The number of fused-ring (bicyclic) bond motifs is 1. The van der Waals surface area contributed by atoms with E-state index in [1.807, 2.05) is 46.7 Å². The molecule has 1 aromatic carbocycles. The minimum Gasteiger partial charge on any atom is -0.343 e. The first-order valence-corrected chi connectivity index (χ1v) is 10.9. The molecule has 0 unspecified atom stereocenters. The standard InChI is InChI=1S/C22H20N2O2S2/c25-20(9-8-16-5-2-1-3-6-16)23-15-21(26)24-12-10-18-17(11-14-28-18)22(24)19-7-4-13-27-19/h1-9,11,13-14,22H,10,12,15H2,(H,23,25)/b9-8+/t22-/m1/s1. The summed E-state index contributed by atoms with van der Waals surface area (Å²) in [5.41, 5.74) is 2.16. The van der Waals surface area contributed by atoms with Crippen LogP contribution in [0.3, 0.4) is 0 Å². The van der Waals surface area contributed by atoms with Gasteiger partial charge in [0.25, 0.3) is 0 Å². The summed E-state index contributed by atoms with van der Waals surface area (Å²) < 4.78 is 0. The maximum absolute atomic E-state index is 12.9. The lowest BCUT2D eigenvalue weighted by molar-refractivity contribution is -0.133. The largest absolute Gasteiger partial charge is 0.343 e. The van der Waals surface area contributed by atoms with Crippen LogP contribution >= 0.6 is 22.7 Å². The molecule has 4 rings (SSSR count). The lowest BCUT2D eigenvalue weighted by Gasteiger charge is -2.35. The van der Waals surface area contributed by atoms with Gasteiger partial charge in [-0.25, -0.2) is 0 Å². The van der Waals surface area contributed by atoms with E-state index in [4.69, 9.17) is 0 Å². The van der Waals surface area contributed by atoms with E-state index in [0.717, 1.165) is 16.9 Å². The van der Waals surface area contributed by atoms with Crippen molar-refractivity contribution in [3.8, 4) is 0 Å². The first kappa shape index (κ1) is 18.7. The summed E-state index contributed by atoms with van der Waals surface area (Å²) in [6, 6.07) is 15.8. The van der Waals surface area contributed by atoms with Gasteiger partial charge in [-0.05, 0) is 46.5 Å². The molecular weight excluding hydrogens is 388 g/mol. The second-order valence-corrected chi connectivity index (χ2v) is 8.50. The fourth-order valence-electron chi connectivity index (χ4n) is 3.40. The third-order valence-electron chi connectivity index (χ3n) is 4.74. The molecule has 1 aliphatic rings. The first-order valence-electron chi connectivity index (χ1n) is 9.12. The highest BCUT2D eigenvalue weighted by Crippen LogP contribution is 2.39. The van der Waals surface area contributed by atoms with Crippen molar-refractivity contribution in [1.29, 1.82) is 0 Å². The molecule has 28 heavy (non-hydrogen) atoms. The predicted molar refractivity (Wildman–Crippen MR) is 114 cm³/mol. The van der Waals surface area contributed by atoms with E-state index >= 15 is 0 Å². The molecule has 2 amide bonds. The van der Waals surface area contributed by atoms with Crippen molar-refractivity contribution in [1.82, 2.24) is 10.2 Å². The number of carbonyl (C=O) groups excluding carboxylic acids is 2. The molecule has 0 saturated heterocycles. The molecule has 142 valence electrons. The average molecular weight is 409 g/mol. The van der Waals surface area contributed by atoms with Gasteiger partial charge < -0.3 is 10.2 Å². The molecule has 3 aromatic rings. The van der Waals surface area contributed by atoms with E-state index in [0.29, 0.717) is 6.54 Å². The molecule has 3 heterocycles. The summed E-state index contributed by atoms with van der Waals surface area (Å²) in [5, 5.41) is 6.85. The molecule has 0 saturated carbocycles.